The van der Waals surface area contributed by atoms with Crippen LogP contribution in [0.25, 0.3) is 0 Å². The summed E-state index contributed by atoms with van der Waals surface area (Å²) in [6.45, 7) is 4.05. The number of nitrogens with zero attached hydrogens (tertiary/aromatic N) is 1. The molecule has 2 rings (SSSR count). The van der Waals surface area contributed by atoms with E-state index in [2.05, 4.69) is 5.32 Å². The van der Waals surface area contributed by atoms with Gasteiger partial charge >= 0.3 is 0 Å². The molecule has 2 atom stereocenters. The largest absolute Gasteiger partial charge is 0.495 e. The molecule has 132 valence electrons. The van der Waals surface area contributed by atoms with Crippen molar-refractivity contribution in [2.24, 2.45) is 5.92 Å². The number of non-ortho nitro benzene ring substituents is 1. The Balaban J connectivity index is 2.35. The van der Waals surface area contributed by atoms with E-state index in [0.717, 1.165) is 12.0 Å². The number of ether oxygens (including phenoxy) is 1. The first-order chi connectivity index (χ1) is 12.0. The average molecular weight is 342 g/mol. The van der Waals surface area contributed by atoms with Gasteiger partial charge in [0.1, 0.15) is 5.75 Å². The first-order valence-electron chi connectivity index (χ1n) is 8.16. The van der Waals surface area contributed by atoms with Crippen molar-refractivity contribution < 1.29 is 14.5 Å². The third-order valence-corrected chi connectivity index (χ3v) is 4.31. The minimum atomic E-state index is -0.502. The molecule has 0 radical (unpaired) electrons. The summed E-state index contributed by atoms with van der Waals surface area (Å²) in [7, 11) is 1.46. The number of anilines is 1. The summed E-state index contributed by atoms with van der Waals surface area (Å²) in [6, 6.07) is 13.7. The molecule has 0 aromatic heterocycles. The van der Waals surface area contributed by atoms with E-state index < -0.39 is 4.92 Å². The molecule has 0 fully saturated rings. The summed E-state index contributed by atoms with van der Waals surface area (Å²) in [5, 5.41) is 13.8. The van der Waals surface area contributed by atoms with Crippen molar-refractivity contribution >= 4 is 17.3 Å². The Morgan fingerprint density at radius 1 is 1.24 bits per heavy atom. The van der Waals surface area contributed by atoms with Crippen LogP contribution in [0.2, 0.25) is 0 Å². The number of hydrogen-bond acceptors (Lipinski definition) is 4. The summed E-state index contributed by atoms with van der Waals surface area (Å²) >= 11 is 0. The van der Waals surface area contributed by atoms with Crippen LogP contribution in [0.3, 0.4) is 0 Å². The molecule has 1 amide bonds. The molecule has 0 aliphatic heterocycles. The van der Waals surface area contributed by atoms with Crippen LogP contribution in [-0.2, 0) is 4.79 Å². The van der Waals surface area contributed by atoms with Crippen LogP contribution in [0.15, 0.2) is 48.5 Å². The van der Waals surface area contributed by atoms with Crippen molar-refractivity contribution in [2.75, 3.05) is 12.4 Å². The van der Waals surface area contributed by atoms with Gasteiger partial charge in [0.15, 0.2) is 0 Å². The molecule has 0 aliphatic carbocycles. The zero-order chi connectivity index (χ0) is 18.4. The van der Waals surface area contributed by atoms with Gasteiger partial charge in [-0.15, -0.1) is 0 Å². The normalized spacial score (nSPS) is 12.9. The fourth-order valence-corrected chi connectivity index (χ4v) is 2.75. The number of nitro benzene ring substituents is 1. The van der Waals surface area contributed by atoms with E-state index in [1.165, 1.54) is 25.3 Å². The van der Waals surface area contributed by atoms with Crippen molar-refractivity contribution in [3.8, 4) is 5.75 Å². The number of methoxy groups -OCH3 is 1. The van der Waals surface area contributed by atoms with Crippen LogP contribution in [0.1, 0.15) is 31.7 Å². The SMILES string of the molecule is CCC(C)C(C(=O)Nc1cc([N+](=O)[O-])ccc1OC)c1ccccc1. The third-order valence-electron chi connectivity index (χ3n) is 4.31. The highest BCUT2D eigenvalue weighted by molar-refractivity contribution is 5.97. The van der Waals surface area contributed by atoms with Crippen LogP contribution in [0, 0.1) is 16.0 Å². The van der Waals surface area contributed by atoms with Gasteiger partial charge in [0.2, 0.25) is 5.91 Å². The summed E-state index contributed by atoms with van der Waals surface area (Å²) < 4.78 is 5.22. The lowest BCUT2D eigenvalue weighted by molar-refractivity contribution is -0.384. The molecule has 6 nitrogen and oxygen atoms in total. The summed E-state index contributed by atoms with van der Waals surface area (Å²) in [5.74, 6) is -0.0588. The number of amides is 1. The fourth-order valence-electron chi connectivity index (χ4n) is 2.75. The Morgan fingerprint density at radius 3 is 2.48 bits per heavy atom. The first kappa shape index (κ1) is 18.4. The molecule has 2 aromatic rings. The molecule has 6 heteroatoms. The minimum absolute atomic E-state index is 0.101. The van der Waals surface area contributed by atoms with Crippen molar-refractivity contribution in [2.45, 2.75) is 26.2 Å². The van der Waals surface area contributed by atoms with Gasteiger partial charge in [0.25, 0.3) is 5.69 Å². The molecule has 2 unspecified atom stereocenters. The van der Waals surface area contributed by atoms with Crippen molar-refractivity contribution in [3.63, 3.8) is 0 Å². The number of nitro groups is 1. The molecular formula is C19H22N2O4. The number of carbonyl (C=O) groups is 1. The van der Waals surface area contributed by atoms with Gasteiger partial charge in [-0.05, 0) is 17.5 Å². The van der Waals surface area contributed by atoms with Gasteiger partial charge < -0.3 is 10.1 Å². The number of benzene rings is 2. The molecule has 0 saturated carbocycles. The molecule has 2 aromatic carbocycles. The molecule has 0 bridgehead atoms. The number of carbonyl (C=O) groups excluding carboxylic acids is 1. The zero-order valence-electron chi connectivity index (χ0n) is 14.6. The van der Waals surface area contributed by atoms with E-state index in [4.69, 9.17) is 4.74 Å². The topological polar surface area (TPSA) is 81.5 Å². The Hall–Kier alpha value is -2.89. The van der Waals surface area contributed by atoms with E-state index in [-0.39, 0.29) is 23.4 Å². The molecule has 25 heavy (non-hydrogen) atoms. The monoisotopic (exact) mass is 342 g/mol. The van der Waals surface area contributed by atoms with Crippen LogP contribution < -0.4 is 10.1 Å². The van der Waals surface area contributed by atoms with Crippen LogP contribution in [0.5, 0.6) is 5.75 Å². The average Bonchev–Trinajstić information content (AvgIpc) is 2.62. The van der Waals surface area contributed by atoms with Gasteiger partial charge in [-0.1, -0.05) is 50.6 Å². The predicted molar refractivity (Wildman–Crippen MR) is 96.9 cm³/mol. The molecule has 0 spiro atoms. The lowest BCUT2D eigenvalue weighted by Gasteiger charge is -2.23. The van der Waals surface area contributed by atoms with Gasteiger partial charge in [0, 0.05) is 12.1 Å². The van der Waals surface area contributed by atoms with E-state index in [0.29, 0.717) is 11.4 Å². The summed E-state index contributed by atoms with van der Waals surface area (Å²) in [4.78, 5) is 23.4. The van der Waals surface area contributed by atoms with Gasteiger partial charge in [0.05, 0.1) is 23.6 Å². The van der Waals surface area contributed by atoms with Gasteiger partial charge in [-0.25, -0.2) is 0 Å². The van der Waals surface area contributed by atoms with Crippen LogP contribution in [0.4, 0.5) is 11.4 Å². The smallest absolute Gasteiger partial charge is 0.271 e. The second-order valence-electron chi connectivity index (χ2n) is 5.90. The van der Waals surface area contributed by atoms with Crippen molar-refractivity contribution in [1.29, 1.82) is 0 Å². The zero-order valence-corrected chi connectivity index (χ0v) is 14.6. The lowest BCUT2D eigenvalue weighted by Crippen LogP contribution is -2.26. The van der Waals surface area contributed by atoms with E-state index in [9.17, 15) is 14.9 Å². The molecule has 1 N–H and O–H groups in total. The fraction of sp³-hybridized carbons (Fsp3) is 0.316. The Morgan fingerprint density at radius 2 is 1.92 bits per heavy atom. The highest BCUT2D eigenvalue weighted by Crippen LogP contribution is 2.32. The van der Waals surface area contributed by atoms with Gasteiger partial charge in [-0.2, -0.15) is 0 Å². The molecular weight excluding hydrogens is 320 g/mol. The summed E-state index contributed by atoms with van der Waals surface area (Å²) in [6.07, 6.45) is 0.832. The summed E-state index contributed by atoms with van der Waals surface area (Å²) in [5.41, 5.74) is 1.11. The Kier molecular flexibility index (Phi) is 6.11. The Labute approximate surface area is 147 Å². The van der Waals surface area contributed by atoms with Crippen LogP contribution in [-0.4, -0.2) is 17.9 Å². The number of nitrogens with one attached hydrogen (secondary N) is 1. The third kappa shape index (κ3) is 4.35. The van der Waals surface area contributed by atoms with Crippen LogP contribution >= 0.6 is 0 Å². The quantitative estimate of drug-likeness (QED) is 0.598. The number of hydrogen-bond donors (Lipinski definition) is 1. The lowest BCUT2D eigenvalue weighted by atomic mass is 9.85. The highest BCUT2D eigenvalue weighted by atomic mass is 16.6. The first-order valence-corrected chi connectivity index (χ1v) is 8.16. The second kappa shape index (κ2) is 8.28. The number of rotatable bonds is 7. The minimum Gasteiger partial charge on any atom is -0.495 e. The van der Waals surface area contributed by atoms with E-state index in [1.54, 1.807) is 0 Å². The van der Waals surface area contributed by atoms with Crippen molar-refractivity contribution in [3.05, 3.63) is 64.2 Å². The second-order valence-corrected chi connectivity index (χ2v) is 5.90. The molecule has 0 saturated heterocycles. The maximum Gasteiger partial charge on any atom is 0.271 e. The molecule has 0 heterocycles. The highest BCUT2D eigenvalue weighted by Gasteiger charge is 2.27. The van der Waals surface area contributed by atoms with E-state index in [1.807, 2.05) is 44.2 Å². The van der Waals surface area contributed by atoms with E-state index >= 15 is 0 Å². The maximum atomic E-state index is 12.9. The van der Waals surface area contributed by atoms with Crippen molar-refractivity contribution in [1.82, 2.24) is 0 Å². The maximum absolute atomic E-state index is 12.9. The predicted octanol–water partition coefficient (Wildman–Crippen LogP) is 4.37. The molecule has 0 aliphatic rings. The van der Waals surface area contributed by atoms with Gasteiger partial charge in [-0.3, -0.25) is 14.9 Å². The standard InChI is InChI=1S/C19H22N2O4/c1-4-13(2)18(14-8-6-5-7-9-14)19(22)20-16-12-15(21(23)24)10-11-17(16)25-3/h5-13,18H,4H2,1-3H3,(H,20,22). The Bertz CT molecular complexity index is 746.